The molecule has 0 bridgehead atoms. The molecule has 4 heteroatoms. The van der Waals surface area contributed by atoms with Gasteiger partial charge in [0.15, 0.2) is 0 Å². The predicted octanol–water partition coefficient (Wildman–Crippen LogP) is 2.49. The first-order valence-electron chi connectivity index (χ1n) is 6.47. The molecule has 0 saturated carbocycles. The van der Waals surface area contributed by atoms with Gasteiger partial charge in [0.05, 0.1) is 0 Å². The fraction of sp³-hybridized carbons (Fsp3) is 0.500. The van der Waals surface area contributed by atoms with Crippen LogP contribution in [0.15, 0.2) is 24.3 Å². The van der Waals surface area contributed by atoms with E-state index in [1.807, 2.05) is 38.1 Å². The van der Waals surface area contributed by atoms with E-state index in [4.69, 9.17) is 5.11 Å². The van der Waals surface area contributed by atoms with E-state index in [0.29, 0.717) is 13.1 Å². The Morgan fingerprint density at radius 1 is 1.33 bits per heavy atom. The van der Waals surface area contributed by atoms with Gasteiger partial charge in [-0.3, -0.25) is 0 Å². The first-order valence-corrected chi connectivity index (χ1v) is 6.47. The lowest BCUT2D eigenvalue weighted by molar-refractivity contribution is 0.217. The average Bonchev–Trinajstić information content (AvgIpc) is 2.38. The Hall–Kier alpha value is -1.55. The van der Waals surface area contributed by atoms with Crippen molar-refractivity contribution in [3.63, 3.8) is 0 Å². The number of aryl methyl sites for hydroxylation is 1. The van der Waals surface area contributed by atoms with E-state index in [1.165, 1.54) is 0 Å². The first kappa shape index (κ1) is 14.5. The van der Waals surface area contributed by atoms with Crippen molar-refractivity contribution >= 4 is 11.7 Å². The summed E-state index contributed by atoms with van der Waals surface area (Å²) in [7, 11) is 0. The van der Waals surface area contributed by atoms with Crippen molar-refractivity contribution in [2.75, 3.05) is 25.0 Å². The van der Waals surface area contributed by atoms with Gasteiger partial charge in [0.2, 0.25) is 0 Å². The molecule has 2 amide bonds. The van der Waals surface area contributed by atoms with Crippen molar-refractivity contribution in [3.05, 3.63) is 29.8 Å². The molecule has 0 aliphatic carbocycles. The minimum Gasteiger partial charge on any atom is -0.396 e. The van der Waals surface area contributed by atoms with Crippen molar-refractivity contribution in [1.29, 1.82) is 0 Å². The van der Waals surface area contributed by atoms with Crippen LogP contribution in [0.3, 0.4) is 0 Å². The Labute approximate surface area is 109 Å². The molecule has 1 aromatic rings. The SMILES string of the molecule is CCN(CC)C(=O)Nc1cccc(CCCO)c1. The zero-order chi connectivity index (χ0) is 13.4. The van der Waals surface area contributed by atoms with E-state index < -0.39 is 0 Å². The number of nitrogens with one attached hydrogen (secondary N) is 1. The Balaban J connectivity index is 2.63. The van der Waals surface area contributed by atoms with E-state index >= 15 is 0 Å². The van der Waals surface area contributed by atoms with E-state index in [2.05, 4.69) is 5.32 Å². The number of anilines is 1. The smallest absolute Gasteiger partial charge is 0.321 e. The van der Waals surface area contributed by atoms with Gasteiger partial charge in [0.1, 0.15) is 0 Å². The highest BCUT2D eigenvalue weighted by molar-refractivity contribution is 5.89. The summed E-state index contributed by atoms with van der Waals surface area (Å²) in [6, 6.07) is 7.69. The number of rotatable bonds is 6. The van der Waals surface area contributed by atoms with Crippen LogP contribution in [-0.4, -0.2) is 35.7 Å². The van der Waals surface area contributed by atoms with Gasteiger partial charge < -0.3 is 15.3 Å². The monoisotopic (exact) mass is 250 g/mol. The molecule has 0 aliphatic heterocycles. The van der Waals surface area contributed by atoms with Gasteiger partial charge in [-0.15, -0.1) is 0 Å². The van der Waals surface area contributed by atoms with E-state index in [9.17, 15) is 4.79 Å². The van der Waals surface area contributed by atoms with Crippen LogP contribution >= 0.6 is 0 Å². The molecule has 100 valence electrons. The first-order chi connectivity index (χ1) is 8.71. The van der Waals surface area contributed by atoms with Crippen LogP contribution in [0.2, 0.25) is 0 Å². The number of hydrogen-bond donors (Lipinski definition) is 2. The molecule has 0 radical (unpaired) electrons. The minimum atomic E-state index is -0.0701. The summed E-state index contributed by atoms with van der Waals surface area (Å²) in [4.78, 5) is 13.6. The van der Waals surface area contributed by atoms with Gasteiger partial charge >= 0.3 is 6.03 Å². The molecule has 1 aromatic carbocycles. The highest BCUT2D eigenvalue weighted by atomic mass is 16.2. The summed E-state index contributed by atoms with van der Waals surface area (Å²) in [5.41, 5.74) is 1.93. The van der Waals surface area contributed by atoms with Gasteiger partial charge in [-0.2, -0.15) is 0 Å². The fourth-order valence-electron chi connectivity index (χ4n) is 1.80. The molecular formula is C14H22N2O2. The van der Waals surface area contributed by atoms with Crippen molar-refractivity contribution in [2.24, 2.45) is 0 Å². The molecule has 0 atom stereocenters. The lowest BCUT2D eigenvalue weighted by Gasteiger charge is -2.19. The molecule has 0 aromatic heterocycles. The zero-order valence-corrected chi connectivity index (χ0v) is 11.1. The standard InChI is InChI=1S/C14H22N2O2/c1-3-16(4-2)14(18)15-13-9-5-7-12(11-13)8-6-10-17/h5,7,9,11,17H,3-4,6,8,10H2,1-2H3,(H,15,18). The molecule has 0 aliphatic rings. The fourth-order valence-corrected chi connectivity index (χ4v) is 1.80. The van der Waals surface area contributed by atoms with Gasteiger partial charge in [0, 0.05) is 25.4 Å². The molecule has 0 spiro atoms. The number of aliphatic hydroxyl groups excluding tert-OH is 1. The van der Waals surface area contributed by atoms with E-state index in [1.54, 1.807) is 4.90 Å². The third-order valence-corrected chi connectivity index (χ3v) is 2.85. The third kappa shape index (κ3) is 4.37. The highest BCUT2D eigenvalue weighted by Gasteiger charge is 2.09. The van der Waals surface area contributed by atoms with Crippen molar-refractivity contribution in [2.45, 2.75) is 26.7 Å². The number of amides is 2. The average molecular weight is 250 g/mol. The molecule has 2 N–H and O–H groups in total. The van der Waals surface area contributed by atoms with Gasteiger partial charge in [-0.25, -0.2) is 4.79 Å². The second kappa shape index (κ2) is 7.71. The number of benzene rings is 1. The predicted molar refractivity (Wildman–Crippen MR) is 73.8 cm³/mol. The van der Waals surface area contributed by atoms with Crippen LogP contribution in [0.25, 0.3) is 0 Å². The van der Waals surface area contributed by atoms with Crippen LogP contribution in [0.1, 0.15) is 25.8 Å². The number of carbonyl (C=O) groups excluding carboxylic acids is 1. The van der Waals surface area contributed by atoms with Crippen LogP contribution in [0.5, 0.6) is 0 Å². The Morgan fingerprint density at radius 2 is 2.06 bits per heavy atom. The molecule has 4 nitrogen and oxygen atoms in total. The second-order valence-corrected chi connectivity index (χ2v) is 4.13. The Bertz CT molecular complexity index is 376. The maximum Gasteiger partial charge on any atom is 0.321 e. The van der Waals surface area contributed by atoms with Gasteiger partial charge in [-0.1, -0.05) is 12.1 Å². The third-order valence-electron chi connectivity index (χ3n) is 2.85. The maximum atomic E-state index is 11.9. The number of aliphatic hydroxyl groups is 1. The molecule has 0 heterocycles. The van der Waals surface area contributed by atoms with Crippen LogP contribution in [-0.2, 0) is 6.42 Å². The van der Waals surface area contributed by atoms with Crippen LogP contribution in [0, 0.1) is 0 Å². The van der Waals surface area contributed by atoms with Crippen LogP contribution in [0.4, 0.5) is 10.5 Å². The van der Waals surface area contributed by atoms with E-state index in [-0.39, 0.29) is 12.6 Å². The van der Waals surface area contributed by atoms with Crippen LogP contribution < -0.4 is 5.32 Å². The topological polar surface area (TPSA) is 52.6 Å². The Kier molecular flexibility index (Phi) is 6.22. The minimum absolute atomic E-state index is 0.0701. The summed E-state index contributed by atoms with van der Waals surface area (Å²) >= 11 is 0. The molecule has 18 heavy (non-hydrogen) atoms. The van der Waals surface area contributed by atoms with Crippen molar-refractivity contribution in [3.8, 4) is 0 Å². The summed E-state index contributed by atoms with van der Waals surface area (Å²) in [5, 5.41) is 11.7. The molecule has 0 fully saturated rings. The lowest BCUT2D eigenvalue weighted by atomic mass is 10.1. The summed E-state index contributed by atoms with van der Waals surface area (Å²) in [6.07, 6.45) is 1.57. The largest absolute Gasteiger partial charge is 0.396 e. The zero-order valence-electron chi connectivity index (χ0n) is 11.1. The summed E-state index contributed by atoms with van der Waals surface area (Å²) in [6.45, 7) is 5.51. The summed E-state index contributed by atoms with van der Waals surface area (Å²) in [5.74, 6) is 0. The van der Waals surface area contributed by atoms with Gasteiger partial charge in [-0.05, 0) is 44.4 Å². The highest BCUT2D eigenvalue weighted by Crippen LogP contribution is 2.13. The lowest BCUT2D eigenvalue weighted by Crippen LogP contribution is -2.34. The molecule has 0 saturated heterocycles. The van der Waals surface area contributed by atoms with Crippen molar-refractivity contribution in [1.82, 2.24) is 4.90 Å². The van der Waals surface area contributed by atoms with Crippen molar-refractivity contribution < 1.29 is 9.90 Å². The molecule has 0 unspecified atom stereocenters. The van der Waals surface area contributed by atoms with E-state index in [0.717, 1.165) is 24.1 Å². The number of hydrogen-bond acceptors (Lipinski definition) is 2. The molecule has 1 rings (SSSR count). The normalized spacial score (nSPS) is 10.2. The maximum absolute atomic E-state index is 11.9. The summed E-state index contributed by atoms with van der Waals surface area (Å²) < 4.78 is 0. The Morgan fingerprint density at radius 3 is 2.67 bits per heavy atom. The van der Waals surface area contributed by atoms with Gasteiger partial charge in [0.25, 0.3) is 0 Å². The number of urea groups is 1. The number of nitrogens with zero attached hydrogens (tertiary/aromatic N) is 1. The quantitative estimate of drug-likeness (QED) is 0.815. The second-order valence-electron chi connectivity index (χ2n) is 4.13. The number of carbonyl (C=O) groups is 1. The molecular weight excluding hydrogens is 228 g/mol.